The average molecular weight is 250 g/mol. The molecule has 1 amide bonds. The number of carbonyl (C=O) groups excluding carboxylic acids is 1. The van der Waals surface area contributed by atoms with Gasteiger partial charge in [-0.1, -0.05) is 19.1 Å². The number of anilines is 1. The Morgan fingerprint density at radius 2 is 2.00 bits per heavy atom. The molecule has 0 radical (unpaired) electrons. The Hall–Kier alpha value is -1.55. The van der Waals surface area contributed by atoms with Gasteiger partial charge in [0.15, 0.2) is 0 Å². The van der Waals surface area contributed by atoms with Crippen molar-refractivity contribution >= 4 is 11.6 Å². The molecule has 0 saturated heterocycles. The molecular weight excluding hydrogens is 228 g/mol. The van der Waals surface area contributed by atoms with Crippen molar-refractivity contribution in [2.45, 2.75) is 26.2 Å². The maximum atomic E-state index is 12.0. The van der Waals surface area contributed by atoms with Crippen LogP contribution >= 0.6 is 0 Å². The molecule has 4 nitrogen and oxygen atoms in total. The third-order valence-electron chi connectivity index (χ3n) is 2.61. The fraction of sp³-hybridized carbons (Fsp3) is 0.500. The van der Waals surface area contributed by atoms with E-state index in [4.69, 9.17) is 5.11 Å². The minimum Gasteiger partial charge on any atom is -0.396 e. The number of carbonyl (C=O) groups is 1. The lowest BCUT2D eigenvalue weighted by Gasteiger charge is -2.11. The number of nitrogens with one attached hydrogen (secondary N) is 2. The van der Waals surface area contributed by atoms with Crippen LogP contribution in [0.2, 0.25) is 0 Å². The van der Waals surface area contributed by atoms with Gasteiger partial charge in [-0.15, -0.1) is 0 Å². The van der Waals surface area contributed by atoms with Gasteiger partial charge < -0.3 is 15.7 Å². The van der Waals surface area contributed by atoms with Crippen LogP contribution in [-0.4, -0.2) is 30.7 Å². The second kappa shape index (κ2) is 8.53. The summed E-state index contributed by atoms with van der Waals surface area (Å²) >= 11 is 0. The first-order valence-corrected chi connectivity index (χ1v) is 6.51. The Labute approximate surface area is 108 Å². The van der Waals surface area contributed by atoms with Crippen LogP contribution in [0, 0.1) is 0 Å². The summed E-state index contributed by atoms with van der Waals surface area (Å²) in [5.74, 6) is -0.0628. The third-order valence-corrected chi connectivity index (χ3v) is 2.61. The smallest absolute Gasteiger partial charge is 0.253 e. The van der Waals surface area contributed by atoms with Crippen molar-refractivity contribution < 1.29 is 9.90 Å². The normalized spacial score (nSPS) is 10.1. The molecule has 0 bridgehead atoms. The van der Waals surface area contributed by atoms with E-state index in [0.29, 0.717) is 12.1 Å². The number of benzene rings is 1. The molecule has 0 saturated carbocycles. The number of hydrogen-bond donors (Lipinski definition) is 3. The monoisotopic (exact) mass is 250 g/mol. The average Bonchev–Trinajstić information content (AvgIpc) is 2.41. The number of aliphatic hydroxyl groups is 1. The third kappa shape index (κ3) is 4.75. The summed E-state index contributed by atoms with van der Waals surface area (Å²) in [5, 5.41) is 14.8. The minimum absolute atomic E-state index is 0.0628. The van der Waals surface area contributed by atoms with Gasteiger partial charge in [-0.05, 0) is 31.4 Å². The highest BCUT2D eigenvalue weighted by Gasteiger charge is 2.09. The summed E-state index contributed by atoms with van der Waals surface area (Å²) in [5.41, 5.74) is 1.55. The Balaban J connectivity index is 2.55. The van der Waals surface area contributed by atoms with Crippen LogP contribution in [0.25, 0.3) is 0 Å². The zero-order chi connectivity index (χ0) is 13.2. The van der Waals surface area contributed by atoms with Gasteiger partial charge in [-0.3, -0.25) is 4.79 Å². The van der Waals surface area contributed by atoms with Gasteiger partial charge in [-0.2, -0.15) is 0 Å². The quantitative estimate of drug-likeness (QED) is 0.618. The highest BCUT2D eigenvalue weighted by molar-refractivity contribution is 5.99. The van der Waals surface area contributed by atoms with Crippen LogP contribution in [-0.2, 0) is 0 Å². The summed E-state index contributed by atoms with van der Waals surface area (Å²) in [6.45, 7) is 3.71. The second-order valence-corrected chi connectivity index (χ2v) is 4.16. The number of para-hydroxylation sites is 1. The highest BCUT2D eigenvalue weighted by atomic mass is 16.2. The molecule has 18 heavy (non-hydrogen) atoms. The Morgan fingerprint density at radius 3 is 2.72 bits per heavy atom. The number of aliphatic hydroxyl groups excluding tert-OH is 1. The molecule has 0 aliphatic rings. The SMILES string of the molecule is CCCNc1ccccc1C(=O)NCCCCO. The van der Waals surface area contributed by atoms with Crippen molar-refractivity contribution in [2.75, 3.05) is 25.0 Å². The molecule has 0 unspecified atom stereocenters. The maximum Gasteiger partial charge on any atom is 0.253 e. The van der Waals surface area contributed by atoms with Crippen molar-refractivity contribution in [3.05, 3.63) is 29.8 Å². The summed E-state index contributed by atoms with van der Waals surface area (Å²) in [7, 11) is 0. The predicted molar refractivity (Wildman–Crippen MR) is 73.9 cm³/mol. The van der Waals surface area contributed by atoms with Crippen molar-refractivity contribution in [1.29, 1.82) is 0 Å². The standard InChI is InChI=1S/C14H22N2O2/c1-2-9-15-13-8-4-3-7-12(13)14(18)16-10-5-6-11-17/h3-4,7-8,15,17H,2,5-6,9-11H2,1H3,(H,16,18). The second-order valence-electron chi connectivity index (χ2n) is 4.16. The van der Waals surface area contributed by atoms with Crippen LogP contribution in [0.3, 0.4) is 0 Å². The van der Waals surface area contributed by atoms with E-state index in [1.807, 2.05) is 24.3 Å². The van der Waals surface area contributed by atoms with Crippen molar-refractivity contribution in [2.24, 2.45) is 0 Å². The molecule has 4 heteroatoms. The van der Waals surface area contributed by atoms with Crippen LogP contribution in [0.15, 0.2) is 24.3 Å². The number of amides is 1. The van der Waals surface area contributed by atoms with E-state index in [-0.39, 0.29) is 12.5 Å². The summed E-state index contributed by atoms with van der Waals surface area (Å²) in [4.78, 5) is 12.0. The van der Waals surface area contributed by atoms with E-state index >= 15 is 0 Å². The van der Waals surface area contributed by atoms with E-state index in [0.717, 1.165) is 31.5 Å². The largest absolute Gasteiger partial charge is 0.396 e. The summed E-state index contributed by atoms with van der Waals surface area (Å²) < 4.78 is 0. The van der Waals surface area contributed by atoms with Gasteiger partial charge in [0.05, 0.1) is 5.56 Å². The highest BCUT2D eigenvalue weighted by Crippen LogP contribution is 2.14. The Kier molecular flexibility index (Phi) is 6.87. The lowest BCUT2D eigenvalue weighted by molar-refractivity contribution is 0.0953. The van der Waals surface area contributed by atoms with Crippen molar-refractivity contribution in [3.63, 3.8) is 0 Å². The van der Waals surface area contributed by atoms with E-state index in [1.165, 1.54) is 0 Å². The zero-order valence-corrected chi connectivity index (χ0v) is 10.9. The number of unbranched alkanes of at least 4 members (excludes halogenated alkanes) is 1. The molecule has 0 fully saturated rings. The summed E-state index contributed by atoms with van der Waals surface area (Å²) in [6.07, 6.45) is 2.54. The molecular formula is C14H22N2O2. The van der Waals surface area contributed by atoms with Crippen LogP contribution < -0.4 is 10.6 Å². The van der Waals surface area contributed by atoms with Gasteiger partial charge in [0.25, 0.3) is 5.91 Å². The van der Waals surface area contributed by atoms with Crippen LogP contribution in [0.5, 0.6) is 0 Å². The molecule has 0 spiro atoms. The molecule has 0 aliphatic heterocycles. The Morgan fingerprint density at radius 1 is 1.22 bits per heavy atom. The molecule has 1 rings (SSSR count). The molecule has 3 N–H and O–H groups in total. The molecule has 0 aromatic heterocycles. The minimum atomic E-state index is -0.0628. The lowest BCUT2D eigenvalue weighted by atomic mass is 10.1. The molecule has 0 heterocycles. The van der Waals surface area contributed by atoms with Crippen molar-refractivity contribution in [1.82, 2.24) is 5.32 Å². The predicted octanol–water partition coefficient (Wildman–Crippen LogP) is 2.01. The molecule has 0 atom stereocenters. The molecule has 1 aromatic rings. The molecule has 100 valence electrons. The first kappa shape index (κ1) is 14.5. The van der Waals surface area contributed by atoms with Gasteiger partial charge >= 0.3 is 0 Å². The van der Waals surface area contributed by atoms with Gasteiger partial charge in [-0.25, -0.2) is 0 Å². The zero-order valence-electron chi connectivity index (χ0n) is 10.9. The van der Waals surface area contributed by atoms with Crippen LogP contribution in [0.4, 0.5) is 5.69 Å². The summed E-state index contributed by atoms with van der Waals surface area (Å²) in [6, 6.07) is 7.51. The molecule has 0 aliphatic carbocycles. The van der Waals surface area contributed by atoms with Gasteiger partial charge in [0.1, 0.15) is 0 Å². The van der Waals surface area contributed by atoms with Crippen molar-refractivity contribution in [3.8, 4) is 0 Å². The Bertz CT molecular complexity index is 367. The first-order chi connectivity index (χ1) is 8.79. The molecule has 1 aromatic carbocycles. The van der Waals surface area contributed by atoms with E-state index in [2.05, 4.69) is 17.6 Å². The van der Waals surface area contributed by atoms with Crippen LogP contribution in [0.1, 0.15) is 36.5 Å². The number of hydrogen-bond acceptors (Lipinski definition) is 3. The van der Waals surface area contributed by atoms with Gasteiger partial charge in [0, 0.05) is 25.4 Å². The lowest BCUT2D eigenvalue weighted by Crippen LogP contribution is -2.25. The van der Waals surface area contributed by atoms with Gasteiger partial charge in [0.2, 0.25) is 0 Å². The fourth-order valence-corrected chi connectivity index (χ4v) is 1.63. The number of rotatable bonds is 8. The maximum absolute atomic E-state index is 12.0. The topological polar surface area (TPSA) is 61.4 Å². The fourth-order valence-electron chi connectivity index (χ4n) is 1.63. The first-order valence-electron chi connectivity index (χ1n) is 6.51. The van der Waals surface area contributed by atoms with E-state index in [1.54, 1.807) is 0 Å². The van der Waals surface area contributed by atoms with E-state index in [9.17, 15) is 4.79 Å². The van der Waals surface area contributed by atoms with E-state index < -0.39 is 0 Å².